The maximum Gasteiger partial charge on any atom is 0.277 e. The second-order valence-electron chi connectivity index (χ2n) is 4.36. The fourth-order valence-electron chi connectivity index (χ4n) is 2.34. The summed E-state index contributed by atoms with van der Waals surface area (Å²) in [4.78, 5) is 21.1. The molecule has 0 aliphatic rings. The van der Waals surface area contributed by atoms with E-state index in [1.165, 1.54) is 12.1 Å². The van der Waals surface area contributed by atoms with Crippen molar-refractivity contribution in [3.05, 3.63) is 68.8 Å². The van der Waals surface area contributed by atoms with Crippen LogP contribution in [0.15, 0.2) is 48.5 Å². The van der Waals surface area contributed by atoms with Gasteiger partial charge in [0, 0.05) is 12.1 Å². The van der Waals surface area contributed by atoms with Crippen molar-refractivity contribution >= 4 is 32.9 Å². The first-order valence-electron chi connectivity index (χ1n) is 5.82. The third-order valence-corrected chi connectivity index (χ3v) is 3.23. The maximum absolute atomic E-state index is 11.0. The van der Waals surface area contributed by atoms with Gasteiger partial charge >= 0.3 is 0 Å². The van der Waals surface area contributed by atoms with Crippen molar-refractivity contribution in [2.24, 2.45) is 0 Å². The van der Waals surface area contributed by atoms with Gasteiger partial charge in [0.05, 0.1) is 20.6 Å². The number of nitro benzene ring substituents is 2. The van der Waals surface area contributed by atoms with Crippen LogP contribution in [0.5, 0.6) is 0 Å². The molecule has 0 radical (unpaired) electrons. The first kappa shape index (κ1) is 12.0. The van der Waals surface area contributed by atoms with Crippen LogP contribution in [-0.2, 0) is 0 Å². The summed E-state index contributed by atoms with van der Waals surface area (Å²) in [7, 11) is 0. The van der Waals surface area contributed by atoms with E-state index in [0.717, 1.165) is 0 Å². The van der Waals surface area contributed by atoms with E-state index in [-0.39, 0.29) is 11.4 Å². The topological polar surface area (TPSA) is 86.3 Å². The number of hydrogen-bond acceptors (Lipinski definition) is 4. The molecule has 3 aromatic rings. The maximum atomic E-state index is 11.0. The molecule has 0 unspecified atom stereocenters. The van der Waals surface area contributed by atoms with Gasteiger partial charge in [0.15, 0.2) is 0 Å². The van der Waals surface area contributed by atoms with Gasteiger partial charge in [-0.3, -0.25) is 20.2 Å². The molecule has 0 spiro atoms. The van der Waals surface area contributed by atoms with Crippen LogP contribution >= 0.6 is 0 Å². The van der Waals surface area contributed by atoms with Gasteiger partial charge in [-0.2, -0.15) is 0 Å². The van der Waals surface area contributed by atoms with E-state index in [2.05, 4.69) is 0 Å². The van der Waals surface area contributed by atoms with Crippen LogP contribution in [0.4, 0.5) is 11.4 Å². The minimum atomic E-state index is -0.453. The smallest absolute Gasteiger partial charge is 0.258 e. The summed E-state index contributed by atoms with van der Waals surface area (Å²) in [6.45, 7) is 0. The fourth-order valence-corrected chi connectivity index (χ4v) is 2.34. The van der Waals surface area contributed by atoms with Crippen LogP contribution in [0.25, 0.3) is 21.5 Å². The molecule has 0 bridgehead atoms. The summed E-state index contributed by atoms with van der Waals surface area (Å²) in [6, 6.07) is 12.6. The van der Waals surface area contributed by atoms with Crippen molar-refractivity contribution in [1.82, 2.24) is 0 Å². The van der Waals surface area contributed by atoms with Crippen LogP contribution in [-0.4, -0.2) is 9.85 Å². The second-order valence-corrected chi connectivity index (χ2v) is 4.36. The molecule has 3 rings (SSSR count). The molecule has 0 fully saturated rings. The lowest BCUT2D eigenvalue weighted by Crippen LogP contribution is -1.91. The van der Waals surface area contributed by atoms with Crippen LogP contribution in [0.2, 0.25) is 0 Å². The summed E-state index contributed by atoms with van der Waals surface area (Å²) < 4.78 is 0. The monoisotopic (exact) mass is 268 g/mol. The predicted octanol–water partition coefficient (Wildman–Crippen LogP) is 3.81. The quantitative estimate of drug-likeness (QED) is 0.401. The zero-order valence-electron chi connectivity index (χ0n) is 10.1. The Morgan fingerprint density at radius 2 is 1.10 bits per heavy atom. The first-order valence-corrected chi connectivity index (χ1v) is 5.82. The lowest BCUT2D eigenvalue weighted by molar-refractivity contribution is -0.383. The molecule has 0 saturated carbocycles. The highest BCUT2D eigenvalue weighted by molar-refractivity contribution is 6.05. The van der Waals surface area contributed by atoms with Crippen LogP contribution in [0, 0.1) is 20.2 Å². The molecule has 98 valence electrons. The Balaban J connectivity index is 2.46. The number of fused-ring (bicyclic) bond motifs is 2. The average molecular weight is 268 g/mol. The van der Waals surface area contributed by atoms with Gasteiger partial charge in [0.25, 0.3) is 11.4 Å². The lowest BCUT2D eigenvalue weighted by Gasteiger charge is -2.03. The highest BCUT2D eigenvalue weighted by atomic mass is 16.6. The van der Waals surface area contributed by atoms with Crippen molar-refractivity contribution in [2.75, 3.05) is 0 Å². The number of hydrogen-bond donors (Lipinski definition) is 0. The summed E-state index contributed by atoms with van der Waals surface area (Å²) in [6.07, 6.45) is 0. The van der Waals surface area contributed by atoms with Crippen molar-refractivity contribution in [2.45, 2.75) is 0 Å². The van der Waals surface area contributed by atoms with Crippen LogP contribution in [0.1, 0.15) is 0 Å². The molecule has 0 amide bonds. The van der Waals surface area contributed by atoms with Gasteiger partial charge in [0.1, 0.15) is 0 Å². The van der Waals surface area contributed by atoms with Gasteiger partial charge < -0.3 is 0 Å². The minimum Gasteiger partial charge on any atom is -0.258 e. The summed E-state index contributed by atoms with van der Waals surface area (Å²) >= 11 is 0. The zero-order valence-corrected chi connectivity index (χ0v) is 10.1. The van der Waals surface area contributed by atoms with E-state index in [0.29, 0.717) is 21.5 Å². The minimum absolute atomic E-state index is 0.00379. The summed E-state index contributed by atoms with van der Waals surface area (Å²) in [5.74, 6) is 0. The zero-order chi connectivity index (χ0) is 14.3. The second kappa shape index (κ2) is 4.27. The van der Waals surface area contributed by atoms with E-state index in [9.17, 15) is 20.2 Å². The summed E-state index contributed by atoms with van der Waals surface area (Å²) in [5.41, 5.74) is -0.00758. The Labute approximate surface area is 112 Å². The SMILES string of the molecule is O=[N+]([O-])c1cccc2cc3c([N+](=O)[O-])cccc3cc12. The number of nitro groups is 2. The Hall–Kier alpha value is -3.02. The number of nitrogens with zero attached hydrogens (tertiary/aromatic N) is 2. The molecule has 0 heterocycles. The van der Waals surface area contributed by atoms with Gasteiger partial charge in [-0.05, 0) is 22.9 Å². The van der Waals surface area contributed by atoms with E-state index in [4.69, 9.17) is 0 Å². The van der Waals surface area contributed by atoms with Gasteiger partial charge in [-0.25, -0.2) is 0 Å². The molecular weight excluding hydrogens is 260 g/mol. The fraction of sp³-hybridized carbons (Fsp3) is 0. The summed E-state index contributed by atoms with van der Waals surface area (Å²) in [5, 5.41) is 24.2. The molecule has 20 heavy (non-hydrogen) atoms. The standard InChI is InChI=1S/C14H8N2O4/c17-15(18)13-5-1-3-9-7-12-10(8-11(9)13)4-2-6-14(12)16(19)20/h1-8H. The van der Waals surface area contributed by atoms with Crippen LogP contribution < -0.4 is 0 Å². The predicted molar refractivity (Wildman–Crippen MR) is 74.8 cm³/mol. The highest BCUT2D eigenvalue weighted by Crippen LogP contribution is 2.33. The molecule has 0 N–H and O–H groups in total. The van der Waals surface area contributed by atoms with Crippen molar-refractivity contribution in [1.29, 1.82) is 0 Å². The van der Waals surface area contributed by atoms with Gasteiger partial charge in [-0.15, -0.1) is 0 Å². The van der Waals surface area contributed by atoms with E-state index in [1.54, 1.807) is 36.4 Å². The van der Waals surface area contributed by atoms with Crippen molar-refractivity contribution < 1.29 is 9.85 Å². The number of benzene rings is 3. The van der Waals surface area contributed by atoms with Crippen molar-refractivity contribution in [3.8, 4) is 0 Å². The molecule has 0 atom stereocenters. The lowest BCUT2D eigenvalue weighted by atomic mass is 10.0. The first-order chi connectivity index (χ1) is 9.58. The Bertz CT molecular complexity index is 800. The molecule has 0 aliphatic carbocycles. The molecule has 6 nitrogen and oxygen atoms in total. The third-order valence-electron chi connectivity index (χ3n) is 3.23. The molecule has 0 saturated heterocycles. The molecule has 0 aliphatic heterocycles. The van der Waals surface area contributed by atoms with Crippen molar-refractivity contribution in [3.63, 3.8) is 0 Å². The molecule has 0 aromatic heterocycles. The molecule has 6 heteroatoms. The van der Waals surface area contributed by atoms with Gasteiger partial charge in [0.2, 0.25) is 0 Å². The normalized spacial score (nSPS) is 10.8. The largest absolute Gasteiger partial charge is 0.277 e. The Morgan fingerprint density at radius 1 is 0.700 bits per heavy atom. The number of rotatable bonds is 2. The highest BCUT2D eigenvalue weighted by Gasteiger charge is 2.16. The molecule has 3 aromatic carbocycles. The third kappa shape index (κ3) is 1.74. The van der Waals surface area contributed by atoms with Gasteiger partial charge in [-0.1, -0.05) is 24.3 Å². The average Bonchev–Trinajstić information content (AvgIpc) is 2.43. The van der Waals surface area contributed by atoms with E-state index >= 15 is 0 Å². The van der Waals surface area contributed by atoms with E-state index in [1.807, 2.05) is 0 Å². The Kier molecular flexibility index (Phi) is 2.57. The number of non-ortho nitro benzene ring substituents is 2. The molecular formula is C14H8N2O4. The Morgan fingerprint density at radius 3 is 1.45 bits per heavy atom. The van der Waals surface area contributed by atoms with E-state index < -0.39 is 9.85 Å². The van der Waals surface area contributed by atoms with Crippen LogP contribution in [0.3, 0.4) is 0 Å².